The SMILES string of the molecule is BrCc1ccncc1CBr.C=CCOc1c(C)c2c(c3c1C[C@H]1[C@H]4c5c(cc(C)c(OC)c5OCOC)C[C@@H]([C@H](C#N)N1[C@H]3CN)N4C)OCO2.COc1c(C)cc2c(c1O)[C@@H]1[C@@H]3Cc4c(OC(C)=O)c(C)c5c(c4[C@H](CN4Cc6ccccc6C4)N3[C@@H](C#N)[C@H](C2)N1C)OCO5. The molecule has 2 saturated heterocycles. The molecule has 10 heterocycles. The first-order chi connectivity index (χ1) is 47.0. The van der Waals surface area contributed by atoms with E-state index in [0.29, 0.717) is 91.4 Å². The lowest BCUT2D eigenvalue weighted by Gasteiger charge is -2.60. The van der Waals surface area contributed by atoms with Crippen LogP contribution in [0.25, 0.3) is 0 Å². The number of hydrogen-bond acceptors (Lipinski definition) is 21. The van der Waals surface area contributed by atoms with Crippen LogP contribution in [-0.2, 0) is 59.0 Å². The summed E-state index contributed by atoms with van der Waals surface area (Å²) in [5.41, 5.74) is 23.2. The molecule has 9 aliphatic rings. The van der Waals surface area contributed by atoms with Gasteiger partial charge < -0.3 is 58.2 Å². The summed E-state index contributed by atoms with van der Waals surface area (Å²) in [7, 11) is 9.03. The average molecular weight is 1450 g/mol. The average Bonchev–Trinajstić information content (AvgIpc) is 1.54. The van der Waals surface area contributed by atoms with E-state index in [1.54, 1.807) is 27.4 Å². The van der Waals surface area contributed by atoms with Crippen molar-refractivity contribution in [2.75, 3.05) is 75.5 Å². The van der Waals surface area contributed by atoms with Crippen LogP contribution in [0.1, 0.15) is 120 Å². The van der Waals surface area contributed by atoms with Crippen molar-refractivity contribution in [2.24, 2.45) is 5.73 Å². The number of ether oxygens (including phenoxy) is 10. The number of carbonyl (C=O) groups excluding carboxylic acids is 1. The van der Waals surface area contributed by atoms with Crippen LogP contribution in [0.4, 0.5) is 0 Å². The third kappa shape index (κ3) is 11.4. The van der Waals surface area contributed by atoms with Crippen LogP contribution >= 0.6 is 31.9 Å². The number of alkyl halides is 2. The van der Waals surface area contributed by atoms with Gasteiger partial charge in [0.1, 0.15) is 30.2 Å². The second-order valence-electron chi connectivity index (χ2n) is 26.3. The molecule has 0 amide bonds. The van der Waals surface area contributed by atoms with E-state index < -0.39 is 18.1 Å². The molecule has 0 spiro atoms. The second kappa shape index (κ2) is 27.9. The van der Waals surface area contributed by atoms with E-state index in [1.807, 2.05) is 46.2 Å². The van der Waals surface area contributed by atoms with Gasteiger partial charge in [-0.05, 0) is 118 Å². The van der Waals surface area contributed by atoms with E-state index in [0.717, 1.165) is 90.7 Å². The van der Waals surface area contributed by atoms with Gasteiger partial charge in [0.05, 0.1) is 50.5 Å². The van der Waals surface area contributed by atoms with Crippen LogP contribution in [0, 0.1) is 50.4 Å². The number of fused-ring (bicyclic) bond motifs is 19. The van der Waals surface area contributed by atoms with Crippen LogP contribution in [0.3, 0.4) is 0 Å². The molecule has 510 valence electrons. The molecule has 10 atom stereocenters. The maximum absolute atomic E-state index is 12.5. The van der Waals surface area contributed by atoms with Crippen molar-refractivity contribution in [1.29, 1.82) is 10.5 Å². The number of piperazine rings is 2. The number of carbonyl (C=O) groups is 1. The molecule has 0 unspecified atom stereocenters. The zero-order valence-electron chi connectivity index (χ0n) is 56.5. The van der Waals surface area contributed by atoms with E-state index in [2.05, 4.69) is 131 Å². The summed E-state index contributed by atoms with van der Waals surface area (Å²) in [6.45, 7) is 16.3. The topological polar surface area (TPSA) is 232 Å². The van der Waals surface area contributed by atoms with Crippen molar-refractivity contribution < 1.29 is 57.3 Å². The van der Waals surface area contributed by atoms with E-state index in [4.69, 9.17) is 53.1 Å². The lowest BCUT2D eigenvalue weighted by molar-refractivity contribution is -0.132. The quantitative estimate of drug-likeness (QED) is 0.0339. The summed E-state index contributed by atoms with van der Waals surface area (Å²) >= 11 is 6.79. The number of nitrogens with two attached hydrogens (primary N) is 1. The molecular weight excluding hydrogens is 1370 g/mol. The summed E-state index contributed by atoms with van der Waals surface area (Å²) in [5.74, 6) is 5.54. The first-order valence-corrected chi connectivity index (χ1v) is 35.1. The fourth-order valence-corrected chi connectivity index (χ4v) is 18.5. The summed E-state index contributed by atoms with van der Waals surface area (Å²) in [5, 5.41) is 35.1. The number of likely N-dealkylation sites (N-methyl/N-ethyl adjacent to an activating group) is 2. The van der Waals surface area contributed by atoms with Gasteiger partial charge in [0.2, 0.25) is 13.6 Å². The Hall–Kier alpha value is -7.68. The molecule has 15 rings (SSSR count). The number of nitriles is 2. The molecular formula is C74H83Br2N9O12. The van der Waals surface area contributed by atoms with E-state index in [-0.39, 0.29) is 74.5 Å². The Balaban J connectivity index is 0.000000154. The molecule has 9 aliphatic heterocycles. The third-order valence-electron chi connectivity index (χ3n) is 21.3. The monoisotopic (exact) mass is 1450 g/mol. The number of nitrogens with zero attached hydrogens (tertiary/aromatic N) is 8. The molecule has 23 heteroatoms. The summed E-state index contributed by atoms with van der Waals surface area (Å²) in [6.07, 6.45) is 7.86. The highest BCUT2D eigenvalue weighted by Gasteiger charge is 2.59. The van der Waals surface area contributed by atoms with Gasteiger partial charge in [0, 0.05) is 132 Å². The first kappa shape index (κ1) is 67.9. The van der Waals surface area contributed by atoms with Gasteiger partial charge in [-0.3, -0.25) is 34.3 Å². The van der Waals surface area contributed by atoms with Crippen molar-refractivity contribution in [1.82, 2.24) is 29.5 Å². The molecule has 97 heavy (non-hydrogen) atoms. The first-order valence-electron chi connectivity index (χ1n) is 32.8. The predicted octanol–water partition coefficient (Wildman–Crippen LogP) is 10.6. The molecule has 0 radical (unpaired) electrons. The lowest BCUT2D eigenvalue weighted by atomic mass is 9.71. The Morgan fingerprint density at radius 1 is 0.691 bits per heavy atom. The van der Waals surface area contributed by atoms with Crippen LogP contribution in [0.5, 0.6) is 57.5 Å². The minimum atomic E-state index is -0.441. The molecule has 3 N–H and O–H groups in total. The molecule has 6 aromatic rings. The smallest absolute Gasteiger partial charge is 0.308 e. The highest BCUT2D eigenvalue weighted by Crippen LogP contribution is 2.61. The maximum atomic E-state index is 12.5. The van der Waals surface area contributed by atoms with Crippen LogP contribution in [0.15, 0.2) is 67.5 Å². The molecule has 4 bridgehead atoms. The number of aromatic nitrogens is 1. The minimum Gasteiger partial charge on any atom is -0.504 e. The van der Waals surface area contributed by atoms with Gasteiger partial charge >= 0.3 is 5.97 Å². The van der Waals surface area contributed by atoms with Crippen molar-refractivity contribution in [2.45, 2.75) is 144 Å². The number of pyridine rings is 1. The summed E-state index contributed by atoms with van der Waals surface area (Å²) < 4.78 is 59.7. The van der Waals surface area contributed by atoms with Gasteiger partial charge in [-0.1, -0.05) is 80.9 Å². The molecule has 1 aromatic heterocycles. The second-order valence-corrected chi connectivity index (χ2v) is 27.4. The number of aryl methyl sites for hydroxylation is 2. The normalized spacial score (nSPS) is 24.3. The molecule has 2 fully saturated rings. The Kier molecular flexibility index (Phi) is 19.5. The Labute approximate surface area is 583 Å². The number of phenolic OH excluding ortho intramolecular Hbond substituents is 1. The predicted molar refractivity (Wildman–Crippen MR) is 369 cm³/mol. The highest BCUT2D eigenvalue weighted by atomic mass is 79.9. The van der Waals surface area contributed by atoms with Crippen LogP contribution in [-0.4, -0.2) is 152 Å². The largest absolute Gasteiger partial charge is 0.504 e. The number of hydrogen-bond donors (Lipinski definition) is 2. The lowest BCUT2D eigenvalue weighted by Crippen LogP contribution is -2.68. The van der Waals surface area contributed by atoms with Crippen LogP contribution in [0.2, 0.25) is 0 Å². The van der Waals surface area contributed by atoms with Crippen molar-refractivity contribution >= 4 is 37.8 Å². The Morgan fingerprint density at radius 2 is 1.23 bits per heavy atom. The van der Waals surface area contributed by atoms with Gasteiger partial charge in [-0.15, -0.1) is 0 Å². The number of phenols is 1. The number of esters is 1. The van der Waals surface area contributed by atoms with Gasteiger partial charge in [0.25, 0.3) is 0 Å². The molecule has 0 aliphatic carbocycles. The summed E-state index contributed by atoms with van der Waals surface area (Å²) in [6, 6.07) is 18.0. The number of aromatic hydroxyl groups is 1. The zero-order valence-corrected chi connectivity index (χ0v) is 59.7. The number of rotatable bonds is 14. The van der Waals surface area contributed by atoms with Crippen molar-refractivity contribution in [3.8, 4) is 69.6 Å². The number of halogens is 2. The van der Waals surface area contributed by atoms with Gasteiger partial charge in [-0.2, -0.15) is 10.5 Å². The Morgan fingerprint density at radius 3 is 1.76 bits per heavy atom. The fourth-order valence-electron chi connectivity index (χ4n) is 17.4. The van der Waals surface area contributed by atoms with Crippen molar-refractivity contribution in [3.05, 3.63) is 157 Å². The highest BCUT2D eigenvalue weighted by molar-refractivity contribution is 9.09. The molecule has 5 aromatic carbocycles. The standard InChI is InChI=1S/C36H38N4O6.C31H38N4O6.C7H7Br2N/c1-18-10-23-11-25-27(13-37)40-26(31(38(25)4)29(23)32(42)33(18)43-5)12-24-30(28(40)16-39-14-21-8-6-7-9-22(21)15-39)36-35(44-17-45-36)19(2)34(24)46-20(3)41;1-7-8-38-28-17(3)29-31(41-15-40-29)25-19(28)11-21-26-24-18(9-16(2)27(37-6)30(24)39-14-36-5)10-20(34(26)4)22(12-32)35(21)23(25)13-33;8-3-6-1-2-10-5-7(6)4-9/h6-10,25-28,31,42H,11-12,14-17H2,1-5H3;7,9,20-23,26H,1,8,10-11,13-15,33H2,2-6H3;1-2,5H,3-4H2/t25-,26-,27-,28-,31-;20-,21-,22-,23-,26-;/m00./s1. The maximum Gasteiger partial charge on any atom is 0.308 e. The van der Waals surface area contributed by atoms with Crippen molar-refractivity contribution in [3.63, 3.8) is 0 Å². The van der Waals surface area contributed by atoms with Gasteiger partial charge in [0.15, 0.2) is 52.8 Å². The van der Waals surface area contributed by atoms with Crippen LogP contribution < -0.4 is 48.4 Å². The number of benzene rings is 5. The fraction of sp³-hybridized carbons (Fsp3) is 0.459. The van der Waals surface area contributed by atoms with E-state index in [1.165, 1.54) is 34.7 Å². The van der Waals surface area contributed by atoms with Gasteiger partial charge in [-0.25, -0.2) is 0 Å². The van der Waals surface area contributed by atoms with E-state index in [9.17, 15) is 20.4 Å². The molecule has 0 saturated carbocycles. The zero-order chi connectivity index (χ0) is 68.4. The Bertz CT molecular complexity index is 4130. The molecule has 21 nitrogen and oxygen atoms in total. The van der Waals surface area contributed by atoms with E-state index >= 15 is 0 Å². The summed E-state index contributed by atoms with van der Waals surface area (Å²) in [4.78, 5) is 28.3. The third-order valence-corrected chi connectivity index (χ3v) is 22.5. The minimum absolute atomic E-state index is 0.0421. The number of methoxy groups -OCH3 is 3.